The normalized spacial score (nSPS) is 10.4. The number of hydrogen-bond donors (Lipinski definition) is 3. The van der Waals surface area contributed by atoms with Gasteiger partial charge in [0, 0.05) is 18.1 Å². The molecule has 4 heteroatoms. The van der Waals surface area contributed by atoms with Gasteiger partial charge in [0.25, 0.3) is 0 Å². The molecule has 0 aliphatic carbocycles. The molecule has 0 aliphatic heterocycles. The Morgan fingerprint density at radius 2 is 1.81 bits per heavy atom. The fourth-order valence-electron chi connectivity index (χ4n) is 1.66. The minimum Gasteiger partial charge on any atom is -0.507 e. The minimum absolute atomic E-state index is 0.0866. The van der Waals surface area contributed by atoms with Gasteiger partial charge in [-0.2, -0.15) is 0 Å². The molecule has 0 atom stereocenters. The van der Waals surface area contributed by atoms with E-state index < -0.39 is 0 Å². The Kier molecular flexibility index (Phi) is 3.77. The molecule has 1 rings (SSSR count). The standard InChI is InChI=1S/C12H16O4/c1-3-5-8(13)11-10(15)6-9(14)7(4-2)12(11)16/h6,14-16H,3-5H2,1-2H3. The summed E-state index contributed by atoms with van der Waals surface area (Å²) in [5.41, 5.74) is 0.203. The first-order chi connectivity index (χ1) is 7.52. The van der Waals surface area contributed by atoms with Gasteiger partial charge in [-0.05, 0) is 12.8 Å². The van der Waals surface area contributed by atoms with Crippen LogP contribution in [0.3, 0.4) is 0 Å². The topological polar surface area (TPSA) is 77.8 Å². The molecule has 0 heterocycles. The minimum atomic E-state index is -0.370. The zero-order valence-corrected chi connectivity index (χ0v) is 9.45. The first kappa shape index (κ1) is 12.4. The van der Waals surface area contributed by atoms with E-state index in [1.54, 1.807) is 6.92 Å². The Balaban J connectivity index is 3.33. The smallest absolute Gasteiger partial charge is 0.170 e. The molecule has 0 saturated heterocycles. The maximum absolute atomic E-state index is 11.7. The molecule has 0 bridgehead atoms. The van der Waals surface area contributed by atoms with E-state index in [1.807, 2.05) is 6.92 Å². The molecule has 0 unspecified atom stereocenters. The number of phenols is 3. The lowest BCUT2D eigenvalue weighted by Crippen LogP contribution is -2.01. The quantitative estimate of drug-likeness (QED) is 0.686. The molecule has 4 nitrogen and oxygen atoms in total. The molecule has 1 aromatic rings. The zero-order valence-electron chi connectivity index (χ0n) is 9.45. The summed E-state index contributed by atoms with van der Waals surface area (Å²) in [6.07, 6.45) is 1.29. The zero-order chi connectivity index (χ0) is 12.3. The van der Waals surface area contributed by atoms with Crippen molar-refractivity contribution in [1.29, 1.82) is 0 Å². The van der Waals surface area contributed by atoms with E-state index >= 15 is 0 Å². The van der Waals surface area contributed by atoms with Crippen molar-refractivity contribution in [2.45, 2.75) is 33.1 Å². The highest BCUT2D eigenvalue weighted by Crippen LogP contribution is 2.38. The highest BCUT2D eigenvalue weighted by atomic mass is 16.3. The number of carbonyl (C=O) groups excluding carboxylic acids is 1. The fraction of sp³-hybridized carbons (Fsp3) is 0.417. The molecule has 0 aromatic heterocycles. The largest absolute Gasteiger partial charge is 0.507 e. The van der Waals surface area contributed by atoms with E-state index in [2.05, 4.69) is 0 Å². The molecule has 0 saturated carbocycles. The SMILES string of the molecule is CCCC(=O)c1c(O)cc(O)c(CC)c1O. The first-order valence-corrected chi connectivity index (χ1v) is 5.32. The van der Waals surface area contributed by atoms with Crippen LogP contribution in [0.25, 0.3) is 0 Å². The number of rotatable bonds is 4. The van der Waals surface area contributed by atoms with Crippen LogP contribution in [0.2, 0.25) is 0 Å². The predicted molar refractivity (Wildman–Crippen MR) is 60.1 cm³/mol. The summed E-state index contributed by atoms with van der Waals surface area (Å²) in [5.74, 6) is -1.18. The van der Waals surface area contributed by atoms with Crippen molar-refractivity contribution in [2.24, 2.45) is 0 Å². The fourth-order valence-corrected chi connectivity index (χ4v) is 1.66. The lowest BCUT2D eigenvalue weighted by atomic mass is 9.99. The molecule has 88 valence electrons. The van der Waals surface area contributed by atoms with Crippen LogP contribution < -0.4 is 0 Å². The van der Waals surface area contributed by atoms with Gasteiger partial charge < -0.3 is 15.3 Å². The highest BCUT2D eigenvalue weighted by molar-refractivity contribution is 6.01. The van der Waals surface area contributed by atoms with E-state index in [0.29, 0.717) is 12.8 Å². The van der Waals surface area contributed by atoms with Crippen LogP contribution in [-0.4, -0.2) is 21.1 Å². The van der Waals surface area contributed by atoms with E-state index in [0.717, 1.165) is 6.07 Å². The van der Waals surface area contributed by atoms with Gasteiger partial charge in [0.2, 0.25) is 0 Å². The summed E-state index contributed by atoms with van der Waals surface area (Å²) in [6, 6.07) is 1.10. The van der Waals surface area contributed by atoms with Gasteiger partial charge in [-0.15, -0.1) is 0 Å². The number of ketones is 1. The van der Waals surface area contributed by atoms with Crippen molar-refractivity contribution >= 4 is 5.78 Å². The average Bonchev–Trinajstić information content (AvgIpc) is 2.17. The monoisotopic (exact) mass is 224 g/mol. The first-order valence-electron chi connectivity index (χ1n) is 5.32. The third-order valence-electron chi connectivity index (χ3n) is 2.47. The van der Waals surface area contributed by atoms with Crippen molar-refractivity contribution in [3.05, 3.63) is 17.2 Å². The predicted octanol–water partition coefficient (Wildman–Crippen LogP) is 2.35. The number of phenolic OH excluding ortho intramolecular Hbond substituents is 3. The van der Waals surface area contributed by atoms with Crippen LogP contribution in [0.1, 0.15) is 42.6 Å². The van der Waals surface area contributed by atoms with E-state index in [4.69, 9.17) is 0 Å². The van der Waals surface area contributed by atoms with Crippen molar-refractivity contribution in [1.82, 2.24) is 0 Å². The van der Waals surface area contributed by atoms with Gasteiger partial charge in [-0.25, -0.2) is 0 Å². The molecular weight excluding hydrogens is 208 g/mol. The second-order valence-electron chi connectivity index (χ2n) is 3.64. The summed E-state index contributed by atoms with van der Waals surface area (Å²) in [6.45, 7) is 3.59. The van der Waals surface area contributed by atoms with Gasteiger partial charge in [0.05, 0.1) is 0 Å². The molecule has 0 amide bonds. The van der Waals surface area contributed by atoms with Gasteiger partial charge >= 0.3 is 0 Å². The lowest BCUT2D eigenvalue weighted by molar-refractivity contribution is 0.0976. The van der Waals surface area contributed by atoms with Crippen molar-refractivity contribution < 1.29 is 20.1 Å². The van der Waals surface area contributed by atoms with Crippen LogP contribution in [0.5, 0.6) is 17.2 Å². The Labute approximate surface area is 94.2 Å². The lowest BCUT2D eigenvalue weighted by Gasteiger charge is -2.11. The molecule has 0 spiro atoms. The average molecular weight is 224 g/mol. The Morgan fingerprint density at radius 1 is 1.19 bits per heavy atom. The third kappa shape index (κ3) is 2.10. The molecule has 3 N–H and O–H groups in total. The van der Waals surface area contributed by atoms with Crippen molar-refractivity contribution in [2.75, 3.05) is 0 Å². The summed E-state index contributed by atoms with van der Waals surface area (Å²) in [5, 5.41) is 28.8. The van der Waals surface area contributed by atoms with Crippen LogP contribution >= 0.6 is 0 Å². The van der Waals surface area contributed by atoms with Crippen LogP contribution in [0.4, 0.5) is 0 Å². The third-order valence-corrected chi connectivity index (χ3v) is 2.47. The summed E-state index contributed by atoms with van der Waals surface area (Å²) in [7, 11) is 0. The van der Waals surface area contributed by atoms with Gasteiger partial charge in [-0.3, -0.25) is 4.79 Å². The summed E-state index contributed by atoms with van der Waals surface area (Å²) >= 11 is 0. The molecule has 0 radical (unpaired) electrons. The van der Waals surface area contributed by atoms with Gasteiger partial charge in [0.1, 0.15) is 22.8 Å². The van der Waals surface area contributed by atoms with E-state index in [-0.39, 0.29) is 40.6 Å². The molecule has 16 heavy (non-hydrogen) atoms. The van der Waals surface area contributed by atoms with Crippen LogP contribution in [0, 0.1) is 0 Å². The van der Waals surface area contributed by atoms with Crippen LogP contribution in [0.15, 0.2) is 6.07 Å². The summed E-state index contributed by atoms with van der Waals surface area (Å²) in [4.78, 5) is 11.7. The maximum Gasteiger partial charge on any atom is 0.170 e. The Hall–Kier alpha value is -1.71. The number of hydrogen-bond acceptors (Lipinski definition) is 4. The van der Waals surface area contributed by atoms with Crippen LogP contribution in [-0.2, 0) is 6.42 Å². The maximum atomic E-state index is 11.7. The number of Topliss-reactive ketones (excluding diaryl/α,β-unsaturated/α-hetero) is 1. The second-order valence-corrected chi connectivity index (χ2v) is 3.64. The summed E-state index contributed by atoms with van der Waals surface area (Å²) < 4.78 is 0. The van der Waals surface area contributed by atoms with Crippen molar-refractivity contribution in [3.8, 4) is 17.2 Å². The van der Waals surface area contributed by atoms with Gasteiger partial charge in [-0.1, -0.05) is 13.8 Å². The van der Waals surface area contributed by atoms with Crippen molar-refractivity contribution in [3.63, 3.8) is 0 Å². The molecule has 1 aromatic carbocycles. The molecule has 0 fully saturated rings. The molecular formula is C12H16O4. The van der Waals surface area contributed by atoms with E-state index in [1.165, 1.54) is 0 Å². The Bertz CT molecular complexity index is 410. The highest BCUT2D eigenvalue weighted by Gasteiger charge is 2.20. The van der Waals surface area contributed by atoms with E-state index in [9.17, 15) is 20.1 Å². The number of carbonyl (C=O) groups is 1. The van der Waals surface area contributed by atoms with Gasteiger partial charge in [0.15, 0.2) is 5.78 Å². The molecule has 0 aliphatic rings. The Morgan fingerprint density at radius 3 is 2.31 bits per heavy atom. The number of aromatic hydroxyl groups is 3. The second kappa shape index (κ2) is 4.88. The number of benzene rings is 1.